The predicted octanol–water partition coefficient (Wildman–Crippen LogP) is 2.67. The summed E-state index contributed by atoms with van der Waals surface area (Å²) in [7, 11) is 1.83. The number of likely N-dealkylation sites (tertiary alicyclic amines) is 1. The molecule has 0 aliphatic carbocycles. The zero-order valence-electron chi connectivity index (χ0n) is 15.8. The van der Waals surface area contributed by atoms with E-state index in [-0.39, 0.29) is 5.91 Å². The van der Waals surface area contributed by atoms with Crippen LogP contribution in [-0.2, 0) is 0 Å². The molecule has 7 heteroatoms. The van der Waals surface area contributed by atoms with Crippen LogP contribution in [-0.4, -0.2) is 66.6 Å². The van der Waals surface area contributed by atoms with Crippen molar-refractivity contribution in [2.24, 2.45) is 0 Å². The van der Waals surface area contributed by atoms with Crippen molar-refractivity contribution in [3.05, 3.63) is 30.3 Å². The Hall–Kier alpha value is -2.54. The molecule has 1 aromatic heterocycles. The number of likely N-dealkylation sites (N-methyl/N-ethyl adjacent to an activating group) is 2. The fourth-order valence-corrected chi connectivity index (χ4v) is 3.89. The molecule has 144 valence electrons. The SMILES string of the molecule is CCN1CCC[C@H]1CN(C)C(=O)c1ncoc1-c1ccc2c(c1)OCCO2. The number of ether oxygens (including phenoxy) is 2. The van der Waals surface area contributed by atoms with Crippen molar-refractivity contribution in [3.63, 3.8) is 0 Å². The summed E-state index contributed by atoms with van der Waals surface area (Å²) in [4.78, 5) is 21.4. The third-order valence-electron chi connectivity index (χ3n) is 5.31. The van der Waals surface area contributed by atoms with Crippen molar-refractivity contribution in [3.8, 4) is 22.8 Å². The molecule has 2 aliphatic heterocycles. The lowest BCUT2D eigenvalue weighted by Crippen LogP contribution is -2.41. The van der Waals surface area contributed by atoms with Crippen LogP contribution in [0, 0.1) is 0 Å². The number of benzene rings is 1. The highest BCUT2D eigenvalue weighted by Crippen LogP contribution is 2.35. The smallest absolute Gasteiger partial charge is 0.276 e. The molecular formula is C20H25N3O4. The Morgan fingerprint density at radius 3 is 2.93 bits per heavy atom. The van der Waals surface area contributed by atoms with Gasteiger partial charge < -0.3 is 18.8 Å². The Labute approximate surface area is 158 Å². The number of amides is 1. The van der Waals surface area contributed by atoms with Crippen molar-refractivity contribution in [1.29, 1.82) is 0 Å². The largest absolute Gasteiger partial charge is 0.486 e. The van der Waals surface area contributed by atoms with Gasteiger partial charge in [-0.15, -0.1) is 0 Å². The van der Waals surface area contributed by atoms with Crippen molar-refractivity contribution < 1.29 is 18.7 Å². The summed E-state index contributed by atoms with van der Waals surface area (Å²) >= 11 is 0. The topological polar surface area (TPSA) is 68.0 Å². The molecule has 0 unspecified atom stereocenters. The maximum absolute atomic E-state index is 13.0. The second-order valence-corrected chi connectivity index (χ2v) is 7.00. The second-order valence-electron chi connectivity index (χ2n) is 7.00. The molecule has 0 N–H and O–H groups in total. The first-order valence-corrected chi connectivity index (χ1v) is 9.50. The lowest BCUT2D eigenvalue weighted by atomic mass is 10.1. The number of nitrogens with zero attached hydrogens (tertiary/aromatic N) is 3. The molecule has 2 aliphatic rings. The summed E-state index contributed by atoms with van der Waals surface area (Å²) in [6.07, 6.45) is 3.63. The third-order valence-corrected chi connectivity index (χ3v) is 5.31. The van der Waals surface area contributed by atoms with Crippen LogP contribution in [0.25, 0.3) is 11.3 Å². The first-order chi connectivity index (χ1) is 13.2. The van der Waals surface area contributed by atoms with Gasteiger partial charge in [-0.2, -0.15) is 0 Å². The van der Waals surface area contributed by atoms with E-state index in [1.54, 1.807) is 4.90 Å². The molecule has 3 heterocycles. The Bertz CT molecular complexity index is 819. The molecule has 0 spiro atoms. The first kappa shape index (κ1) is 17.9. The van der Waals surface area contributed by atoms with Crippen LogP contribution >= 0.6 is 0 Å². The van der Waals surface area contributed by atoms with E-state index in [1.807, 2.05) is 25.2 Å². The molecule has 7 nitrogen and oxygen atoms in total. The Kier molecular flexibility index (Phi) is 5.03. The molecule has 1 fully saturated rings. The first-order valence-electron chi connectivity index (χ1n) is 9.50. The van der Waals surface area contributed by atoms with Crippen molar-refractivity contribution in [2.75, 3.05) is 39.9 Å². The summed E-state index contributed by atoms with van der Waals surface area (Å²) in [5.41, 5.74) is 1.08. The van der Waals surface area contributed by atoms with Gasteiger partial charge in [0.25, 0.3) is 5.91 Å². The average molecular weight is 371 g/mol. The Morgan fingerprint density at radius 1 is 1.30 bits per heavy atom. The fraction of sp³-hybridized carbons (Fsp3) is 0.500. The molecule has 2 aromatic rings. The third kappa shape index (κ3) is 3.51. The van der Waals surface area contributed by atoms with Gasteiger partial charge in [-0.1, -0.05) is 6.92 Å². The predicted molar refractivity (Wildman–Crippen MR) is 100 cm³/mol. The van der Waals surface area contributed by atoms with Crippen LogP contribution in [0.1, 0.15) is 30.3 Å². The van der Waals surface area contributed by atoms with Crippen LogP contribution in [0.2, 0.25) is 0 Å². The van der Waals surface area contributed by atoms with E-state index in [2.05, 4.69) is 16.8 Å². The fourth-order valence-electron chi connectivity index (χ4n) is 3.89. The van der Waals surface area contributed by atoms with E-state index in [1.165, 1.54) is 12.8 Å². The lowest BCUT2D eigenvalue weighted by Gasteiger charge is -2.27. The lowest BCUT2D eigenvalue weighted by molar-refractivity contribution is 0.0750. The molecule has 1 amide bonds. The molecular weight excluding hydrogens is 346 g/mol. The number of aromatic nitrogens is 1. The molecule has 0 radical (unpaired) electrons. The zero-order valence-corrected chi connectivity index (χ0v) is 15.8. The molecule has 0 bridgehead atoms. The maximum atomic E-state index is 13.0. The van der Waals surface area contributed by atoms with Crippen LogP contribution in [0.3, 0.4) is 0 Å². The van der Waals surface area contributed by atoms with E-state index in [9.17, 15) is 4.79 Å². The Morgan fingerprint density at radius 2 is 2.11 bits per heavy atom. The quantitative estimate of drug-likeness (QED) is 0.805. The maximum Gasteiger partial charge on any atom is 0.276 e. The zero-order chi connectivity index (χ0) is 18.8. The van der Waals surface area contributed by atoms with Gasteiger partial charge in [0.1, 0.15) is 13.2 Å². The summed E-state index contributed by atoms with van der Waals surface area (Å²) < 4.78 is 16.8. The van der Waals surface area contributed by atoms with Gasteiger partial charge in [-0.25, -0.2) is 4.98 Å². The normalized spacial score (nSPS) is 19.3. The molecule has 1 atom stereocenters. The molecule has 1 aromatic carbocycles. The number of rotatable bonds is 5. The number of fused-ring (bicyclic) bond motifs is 1. The van der Waals surface area contributed by atoms with Gasteiger partial charge in [-0.05, 0) is 44.1 Å². The van der Waals surface area contributed by atoms with E-state index >= 15 is 0 Å². The van der Waals surface area contributed by atoms with Crippen molar-refractivity contribution in [1.82, 2.24) is 14.8 Å². The highest BCUT2D eigenvalue weighted by molar-refractivity contribution is 5.97. The minimum absolute atomic E-state index is 0.128. The monoisotopic (exact) mass is 371 g/mol. The highest BCUT2D eigenvalue weighted by atomic mass is 16.6. The van der Waals surface area contributed by atoms with Gasteiger partial charge in [0, 0.05) is 25.2 Å². The van der Waals surface area contributed by atoms with Crippen LogP contribution < -0.4 is 9.47 Å². The number of oxazole rings is 1. The van der Waals surface area contributed by atoms with E-state index in [0.717, 1.165) is 25.1 Å². The molecule has 4 rings (SSSR count). The summed E-state index contributed by atoms with van der Waals surface area (Å²) in [5, 5.41) is 0. The van der Waals surface area contributed by atoms with Crippen LogP contribution in [0.4, 0.5) is 0 Å². The van der Waals surface area contributed by atoms with Gasteiger partial charge in [0.05, 0.1) is 0 Å². The number of hydrogen-bond acceptors (Lipinski definition) is 6. The summed E-state index contributed by atoms with van der Waals surface area (Å²) in [6.45, 7) is 6.03. The number of hydrogen-bond donors (Lipinski definition) is 0. The average Bonchev–Trinajstić information content (AvgIpc) is 3.36. The van der Waals surface area contributed by atoms with E-state index in [4.69, 9.17) is 13.9 Å². The molecule has 27 heavy (non-hydrogen) atoms. The van der Waals surface area contributed by atoms with E-state index < -0.39 is 0 Å². The van der Waals surface area contributed by atoms with E-state index in [0.29, 0.717) is 48.8 Å². The minimum atomic E-state index is -0.128. The Balaban J connectivity index is 1.53. The second kappa shape index (κ2) is 7.60. The van der Waals surface area contributed by atoms with Gasteiger partial charge in [0.15, 0.2) is 29.3 Å². The van der Waals surface area contributed by atoms with Gasteiger partial charge >= 0.3 is 0 Å². The summed E-state index contributed by atoms with van der Waals surface area (Å²) in [6, 6.07) is 5.94. The standard InChI is InChI=1S/C20H25N3O4/c1-3-23-8-4-5-15(23)12-22(2)20(24)18-19(27-13-21-18)14-6-7-16-17(11-14)26-10-9-25-16/h6-7,11,13,15H,3-5,8-10,12H2,1-2H3/t15-/m0/s1. The van der Waals surface area contributed by atoms with Crippen LogP contribution in [0.15, 0.2) is 29.0 Å². The molecule has 1 saturated heterocycles. The van der Waals surface area contributed by atoms with Crippen molar-refractivity contribution >= 4 is 5.91 Å². The molecule has 0 saturated carbocycles. The number of carbonyl (C=O) groups is 1. The highest BCUT2D eigenvalue weighted by Gasteiger charge is 2.28. The minimum Gasteiger partial charge on any atom is -0.486 e. The van der Waals surface area contributed by atoms with Gasteiger partial charge in [0.2, 0.25) is 0 Å². The summed E-state index contributed by atoms with van der Waals surface area (Å²) in [5.74, 6) is 1.70. The van der Waals surface area contributed by atoms with Gasteiger partial charge in [-0.3, -0.25) is 9.69 Å². The van der Waals surface area contributed by atoms with Crippen LogP contribution in [0.5, 0.6) is 11.5 Å². The number of carbonyl (C=O) groups excluding carboxylic acids is 1. The van der Waals surface area contributed by atoms with Crippen molar-refractivity contribution in [2.45, 2.75) is 25.8 Å².